The van der Waals surface area contributed by atoms with E-state index in [2.05, 4.69) is 30.9 Å². The van der Waals surface area contributed by atoms with Gasteiger partial charge in [-0.05, 0) is 30.3 Å². The predicted octanol–water partition coefficient (Wildman–Crippen LogP) is 3.56. The summed E-state index contributed by atoms with van der Waals surface area (Å²) in [5.74, 6) is -0.459. The maximum absolute atomic E-state index is 12.1. The molecule has 3 aromatic rings. The second-order valence-electron chi connectivity index (χ2n) is 5.45. The van der Waals surface area contributed by atoms with Crippen LogP contribution in [-0.4, -0.2) is 29.0 Å². The van der Waals surface area contributed by atoms with Crippen LogP contribution in [0.3, 0.4) is 0 Å². The number of hydroxylamine groups is 1. The van der Waals surface area contributed by atoms with Gasteiger partial charge in [0.15, 0.2) is 0 Å². The van der Waals surface area contributed by atoms with Crippen LogP contribution in [0.5, 0.6) is 0 Å². The molecular formula is C19H17N5O3S. The number of urea groups is 1. The fourth-order valence-corrected chi connectivity index (χ4v) is 3.08. The number of aromatic nitrogens is 2. The van der Waals surface area contributed by atoms with Crippen LogP contribution in [0.2, 0.25) is 0 Å². The van der Waals surface area contributed by atoms with Gasteiger partial charge in [-0.3, -0.25) is 9.63 Å². The fraction of sp³-hybridized carbons (Fsp3) is 0.0526. The molecule has 0 aliphatic heterocycles. The van der Waals surface area contributed by atoms with Crippen LogP contribution in [-0.2, 0) is 4.84 Å². The minimum absolute atomic E-state index is 0.191. The number of rotatable bonds is 6. The highest BCUT2D eigenvalue weighted by molar-refractivity contribution is 7.99. The quantitative estimate of drug-likeness (QED) is 0.435. The van der Waals surface area contributed by atoms with Crippen LogP contribution in [0.25, 0.3) is 0 Å². The van der Waals surface area contributed by atoms with Crippen molar-refractivity contribution in [2.45, 2.75) is 9.92 Å². The number of nitrogens with one attached hydrogen (secondary N) is 3. The highest BCUT2D eigenvalue weighted by Gasteiger charge is 2.10. The maximum Gasteiger partial charge on any atom is 0.323 e. The van der Waals surface area contributed by atoms with E-state index in [0.717, 1.165) is 4.90 Å². The lowest BCUT2D eigenvalue weighted by atomic mass is 10.3. The Balaban J connectivity index is 1.66. The average molecular weight is 395 g/mol. The van der Waals surface area contributed by atoms with Crippen molar-refractivity contribution < 1.29 is 14.4 Å². The molecule has 0 atom stereocenters. The van der Waals surface area contributed by atoms with E-state index >= 15 is 0 Å². The molecule has 1 aromatic heterocycles. The molecule has 0 bridgehead atoms. The first-order valence-corrected chi connectivity index (χ1v) is 9.02. The summed E-state index contributed by atoms with van der Waals surface area (Å²) in [6.07, 6.45) is 1.31. The standard InChI is InChI=1S/C19H17N5O3S/c1-27-24-18(25)16-11-17(21-12-20-16)28-15-9-5-8-14(10-15)23-19(26)22-13-6-3-2-4-7-13/h2-12H,1H3,(H,24,25)(H2,22,23,26). The molecule has 0 unspecified atom stereocenters. The Morgan fingerprint density at radius 2 is 1.68 bits per heavy atom. The minimum atomic E-state index is -0.459. The van der Waals surface area contributed by atoms with Gasteiger partial charge in [-0.25, -0.2) is 20.2 Å². The number of amides is 3. The second kappa shape index (κ2) is 9.49. The number of carbonyl (C=O) groups is 2. The molecule has 8 nitrogen and oxygen atoms in total. The van der Waals surface area contributed by atoms with Gasteiger partial charge in [-0.15, -0.1) is 0 Å². The normalized spacial score (nSPS) is 10.2. The highest BCUT2D eigenvalue weighted by atomic mass is 32.2. The smallest absolute Gasteiger partial charge is 0.308 e. The molecule has 1 heterocycles. The summed E-state index contributed by atoms with van der Waals surface area (Å²) >= 11 is 1.34. The lowest BCUT2D eigenvalue weighted by Crippen LogP contribution is -2.22. The van der Waals surface area contributed by atoms with Crippen LogP contribution in [0, 0.1) is 0 Å². The molecule has 0 aliphatic rings. The third-order valence-electron chi connectivity index (χ3n) is 3.42. The number of anilines is 2. The Morgan fingerprint density at radius 1 is 0.929 bits per heavy atom. The van der Waals surface area contributed by atoms with E-state index < -0.39 is 5.91 Å². The van der Waals surface area contributed by atoms with Gasteiger partial charge in [0.1, 0.15) is 17.0 Å². The molecule has 9 heteroatoms. The summed E-state index contributed by atoms with van der Waals surface area (Å²) in [5.41, 5.74) is 3.73. The van der Waals surface area contributed by atoms with Gasteiger partial charge in [-0.2, -0.15) is 0 Å². The van der Waals surface area contributed by atoms with Crippen LogP contribution in [0.4, 0.5) is 16.2 Å². The van der Waals surface area contributed by atoms with Crippen LogP contribution in [0.1, 0.15) is 10.5 Å². The van der Waals surface area contributed by atoms with Gasteiger partial charge in [0.25, 0.3) is 5.91 Å². The molecular weight excluding hydrogens is 378 g/mol. The van der Waals surface area contributed by atoms with Crippen LogP contribution >= 0.6 is 11.8 Å². The van der Waals surface area contributed by atoms with Gasteiger partial charge in [0.2, 0.25) is 0 Å². The second-order valence-corrected chi connectivity index (χ2v) is 6.55. The zero-order valence-electron chi connectivity index (χ0n) is 14.9. The Bertz CT molecular complexity index is 969. The SMILES string of the molecule is CONC(=O)c1cc(Sc2cccc(NC(=O)Nc3ccccc3)c2)ncn1. The number of nitrogens with zero attached hydrogens (tertiary/aromatic N) is 2. The Labute approximate surface area is 165 Å². The number of para-hydroxylation sites is 1. The molecule has 0 saturated heterocycles. The Hall–Kier alpha value is -3.43. The molecule has 0 saturated carbocycles. The lowest BCUT2D eigenvalue weighted by Gasteiger charge is -2.09. The largest absolute Gasteiger partial charge is 0.323 e. The molecule has 2 aromatic carbocycles. The molecule has 28 heavy (non-hydrogen) atoms. The van der Waals surface area contributed by atoms with Crippen molar-refractivity contribution in [2.75, 3.05) is 17.7 Å². The molecule has 0 spiro atoms. The van der Waals surface area contributed by atoms with Crippen LogP contribution < -0.4 is 16.1 Å². The van der Waals surface area contributed by atoms with E-state index in [-0.39, 0.29) is 11.7 Å². The highest BCUT2D eigenvalue weighted by Crippen LogP contribution is 2.28. The van der Waals surface area contributed by atoms with E-state index in [4.69, 9.17) is 0 Å². The maximum atomic E-state index is 12.1. The molecule has 142 valence electrons. The van der Waals surface area contributed by atoms with E-state index in [1.165, 1.54) is 25.2 Å². The fourth-order valence-electron chi connectivity index (χ4n) is 2.24. The molecule has 0 aliphatic carbocycles. The van der Waals surface area contributed by atoms with Gasteiger partial charge >= 0.3 is 6.03 Å². The number of carbonyl (C=O) groups excluding carboxylic acids is 2. The van der Waals surface area contributed by atoms with E-state index in [1.54, 1.807) is 24.3 Å². The number of benzene rings is 2. The average Bonchev–Trinajstić information content (AvgIpc) is 2.69. The van der Waals surface area contributed by atoms with Crippen molar-refractivity contribution >= 4 is 35.1 Å². The molecule has 0 fully saturated rings. The number of hydrogen-bond acceptors (Lipinski definition) is 6. The van der Waals surface area contributed by atoms with E-state index in [1.807, 2.05) is 36.4 Å². The molecule has 3 N–H and O–H groups in total. The molecule has 0 radical (unpaired) electrons. The zero-order valence-corrected chi connectivity index (χ0v) is 15.7. The van der Waals surface area contributed by atoms with Gasteiger partial charge in [0.05, 0.1) is 7.11 Å². The first-order valence-electron chi connectivity index (χ1n) is 8.20. The van der Waals surface area contributed by atoms with Crippen molar-refractivity contribution in [1.82, 2.24) is 15.4 Å². The molecule has 3 amide bonds. The van der Waals surface area contributed by atoms with Crippen molar-refractivity contribution in [2.24, 2.45) is 0 Å². The summed E-state index contributed by atoms with van der Waals surface area (Å²) in [6, 6.07) is 17.7. The zero-order chi connectivity index (χ0) is 19.8. The van der Waals surface area contributed by atoms with E-state index in [0.29, 0.717) is 16.4 Å². The van der Waals surface area contributed by atoms with Crippen molar-refractivity contribution in [3.8, 4) is 0 Å². The summed E-state index contributed by atoms with van der Waals surface area (Å²) in [6.45, 7) is 0. The summed E-state index contributed by atoms with van der Waals surface area (Å²) < 4.78 is 0. The first kappa shape index (κ1) is 19.3. The lowest BCUT2D eigenvalue weighted by molar-refractivity contribution is 0.0532. The monoisotopic (exact) mass is 395 g/mol. The third-order valence-corrected chi connectivity index (χ3v) is 4.34. The van der Waals surface area contributed by atoms with Gasteiger partial charge in [0, 0.05) is 22.3 Å². The van der Waals surface area contributed by atoms with Crippen molar-refractivity contribution in [1.29, 1.82) is 0 Å². The molecule has 3 rings (SSSR count). The van der Waals surface area contributed by atoms with E-state index in [9.17, 15) is 9.59 Å². The van der Waals surface area contributed by atoms with Crippen molar-refractivity contribution in [3.05, 3.63) is 72.7 Å². The minimum Gasteiger partial charge on any atom is -0.308 e. The van der Waals surface area contributed by atoms with Crippen molar-refractivity contribution in [3.63, 3.8) is 0 Å². The van der Waals surface area contributed by atoms with Gasteiger partial charge < -0.3 is 10.6 Å². The number of hydrogen-bond donors (Lipinski definition) is 3. The van der Waals surface area contributed by atoms with Gasteiger partial charge in [-0.1, -0.05) is 36.0 Å². The Morgan fingerprint density at radius 3 is 2.46 bits per heavy atom. The summed E-state index contributed by atoms with van der Waals surface area (Å²) in [7, 11) is 1.35. The Kier molecular flexibility index (Phi) is 6.55. The third kappa shape index (κ3) is 5.53. The topological polar surface area (TPSA) is 105 Å². The predicted molar refractivity (Wildman–Crippen MR) is 106 cm³/mol. The summed E-state index contributed by atoms with van der Waals surface area (Å²) in [5, 5.41) is 6.13. The summed E-state index contributed by atoms with van der Waals surface area (Å²) in [4.78, 5) is 37.4. The van der Waals surface area contributed by atoms with Crippen LogP contribution in [0.15, 0.2) is 76.9 Å². The first-order chi connectivity index (χ1) is 13.6.